The molecule has 0 fully saturated rings. The number of nitrogens with zero attached hydrogens (tertiary/aromatic N) is 2. The van der Waals surface area contributed by atoms with Crippen molar-refractivity contribution in [1.29, 1.82) is 0 Å². The van der Waals surface area contributed by atoms with Gasteiger partial charge in [-0.3, -0.25) is 9.59 Å². The first-order valence-corrected chi connectivity index (χ1v) is 9.04. The molecular weight excluding hydrogens is 344 g/mol. The number of pyridine rings is 2. The minimum atomic E-state index is -0.387. The zero-order valence-electron chi connectivity index (χ0n) is 16.1. The zero-order valence-corrected chi connectivity index (χ0v) is 16.1. The summed E-state index contributed by atoms with van der Waals surface area (Å²) < 4.78 is 7.31. The Hall–Kier alpha value is -2.93. The number of rotatable bonds is 6. The minimum Gasteiger partial charge on any atom is -0.463 e. The maximum absolute atomic E-state index is 12.8. The second-order valence-corrected chi connectivity index (χ2v) is 6.84. The molecule has 0 aliphatic rings. The van der Waals surface area contributed by atoms with Crippen LogP contribution in [0.5, 0.6) is 0 Å². The van der Waals surface area contributed by atoms with E-state index in [2.05, 4.69) is 10.3 Å². The molecule has 3 rings (SSSR count). The van der Waals surface area contributed by atoms with E-state index < -0.39 is 0 Å². The van der Waals surface area contributed by atoms with Crippen LogP contribution in [0.3, 0.4) is 0 Å². The molecule has 0 radical (unpaired) electrons. The highest BCUT2D eigenvalue weighted by Gasteiger charge is 2.23. The molecule has 2 N–H and O–H groups in total. The van der Waals surface area contributed by atoms with Crippen molar-refractivity contribution in [3.63, 3.8) is 0 Å². The molecule has 1 amide bonds. The van der Waals surface area contributed by atoms with Crippen LogP contribution in [0.1, 0.15) is 34.8 Å². The first kappa shape index (κ1) is 18.8. The fraction of sp³-hybridized carbons (Fsp3) is 0.350. The van der Waals surface area contributed by atoms with Crippen molar-refractivity contribution in [2.45, 2.75) is 26.4 Å². The van der Waals surface area contributed by atoms with Crippen LogP contribution in [-0.2, 0) is 6.54 Å². The number of likely N-dealkylation sites (N-methyl/N-ethyl adjacent to an activating group) is 1. The molecule has 3 aromatic rings. The van der Waals surface area contributed by atoms with E-state index >= 15 is 0 Å². The Labute approximate surface area is 157 Å². The fourth-order valence-corrected chi connectivity index (χ4v) is 3.13. The zero-order chi connectivity index (χ0) is 19.6. The van der Waals surface area contributed by atoms with Crippen molar-refractivity contribution < 1.29 is 14.1 Å². The van der Waals surface area contributed by atoms with Gasteiger partial charge in [-0.1, -0.05) is 0 Å². The van der Waals surface area contributed by atoms with Crippen LogP contribution in [0, 0.1) is 6.92 Å². The van der Waals surface area contributed by atoms with Gasteiger partial charge in [-0.15, -0.1) is 0 Å². The van der Waals surface area contributed by atoms with Gasteiger partial charge in [0.2, 0.25) is 5.43 Å². The predicted octanol–water partition coefficient (Wildman–Crippen LogP) is 0.933. The summed E-state index contributed by atoms with van der Waals surface area (Å²) in [6, 6.07) is 7.19. The maximum atomic E-state index is 12.8. The van der Waals surface area contributed by atoms with Gasteiger partial charge in [-0.25, -0.2) is 4.98 Å². The summed E-state index contributed by atoms with van der Waals surface area (Å²) in [6.45, 7) is 4.82. The normalized spacial score (nSPS) is 12.5. The van der Waals surface area contributed by atoms with Gasteiger partial charge in [0.1, 0.15) is 11.2 Å². The topological polar surface area (TPSA) is 81.6 Å². The number of furan rings is 1. The number of carbonyl (C=O) groups is 1. The van der Waals surface area contributed by atoms with Crippen molar-refractivity contribution in [2.75, 3.05) is 20.6 Å². The molecule has 0 aliphatic heterocycles. The van der Waals surface area contributed by atoms with Crippen LogP contribution in [0.4, 0.5) is 0 Å². The van der Waals surface area contributed by atoms with Crippen LogP contribution in [-0.4, -0.2) is 36.1 Å². The summed E-state index contributed by atoms with van der Waals surface area (Å²) >= 11 is 0. The van der Waals surface area contributed by atoms with Crippen molar-refractivity contribution in [3.05, 3.63) is 64.0 Å². The molecule has 3 aromatic heterocycles. The molecule has 1 atom stereocenters. The number of amides is 1. The third kappa shape index (κ3) is 3.78. The average Bonchev–Trinajstić information content (AvgIpc) is 3.16. The molecule has 0 aliphatic carbocycles. The summed E-state index contributed by atoms with van der Waals surface area (Å²) in [5.41, 5.74) is 1.26. The fourth-order valence-electron chi connectivity index (χ4n) is 3.13. The molecule has 0 aromatic carbocycles. The SMILES string of the molecule is CCn1cc(C(=O)NC[C@@H](c2ccco2)[NH+](C)C)c(=O)c2ccc(C)nc21. The third-order valence-electron chi connectivity index (χ3n) is 4.70. The van der Waals surface area contributed by atoms with Gasteiger partial charge in [0.25, 0.3) is 5.91 Å². The Balaban J connectivity index is 1.90. The van der Waals surface area contributed by atoms with Crippen molar-refractivity contribution in [1.82, 2.24) is 14.9 Å². The van der Waals surface area contributed by atoms with Crippen molar-refractivity contribution >= 4 is 16.9 Å². The van der Waals surface area contributed by atoms with E-state index in [1.54, 1.807) is 24.6 Å². The van der Waals surface area contributed by atoms with Gasteiger partial charge < -0.3 is 19.2 Å². The smallest absolute Gasteiger partial charge is 0.257 e. The first-order valence-electron chi connectivity index (χ1n) is 9.04. The molecule has 142 valence electrons. The summed E-state index contributed by atoms with van der Waals surface area (Å²) in [5, 5.41) is 3.34. The quantitative estimate of drug-likeness (QED) is 0.677. The van der Waals surface area contributed by atoms with Crippen LogP contribution in [0.25, 0.3) is 11.0 Å². The van der Waals surface area contributed by atoms with Crippen molar-refractivity contribution in [2.24, 2.45) is 0 Å². The molecule has 0 saturated carbocycles. The van der Waals surface area contributed by atoms with E-state index in [1.807, 2.05) is 44.6 Å². The third-order valence-corrected chi connectivity index (χ3v) is 4.70. The number of hydrogen-bond donors (Lipinski definition) is 2. The van der Waals surface area contributed by atoms with Crippen molar-refractivity contribution in [3.8, 4) is 0 Å². The Morgan fingerprint density at radius 1 is 1.33 bits per heavy atom. The number of aryl methyl sites for hydroxylation is 2. The average molecular weight is 369 g/mol. The van der Waals surface area contributed by atoms with E-state index in [9.17, 15) is 9.59 Å². The van der Waals surface area contributed by atoms with Crippen LogP contribution in [0.2, 0.25) is 0 Å². The molecule has 7 nitrogen and oxygen atoms in total. The molecular formula is C20H25N4O3+. The molecule has 7 heteroatoms. The van der Waals surface area contributed by atoms with Crippen LogP contribution >= 0.6 is 0 Å². The summed E-state index contributed by atoms with van der Waals surface area (Å²) in [6.07, 6.45) is 3.21. The first-order chi connectivity index (χ1) is 12.9. The van der Waals surface area contributed by atoms with Gasteiger partial charge in [0.15, 0.2) is 11.8 Å². The number of aromatic nitrogens is 2. The van der Waals surface area contributed by atoms with Crippen LogP contribution < -0.4 is 15.6 Å². The minimum absolute atomic E-state index is 0.0397. The standard InChI is InChI=1S/C20H24N4O3/c1-5-24-12-15(18(25)14-9-8-13(2)22-19(14)24)20(26)21-11-16(23(3)4)17-7-6-10-27-17/h6-10,12,16H,5,11H2,1-4H3,(H,21,26)/p+1/t16-/m0/s1. The lowest BCUT2D eigenvalue weighted by molar-refractivity contribution is -0.891. The monoisotopic (exact) mass is 369 g/mol. The van der Waals surface area contributed by atoms with Gasteiger partial charge in [-0.2, -0.15) is 0 Å². The highest BCUT2D eigenvalue weighted by Crippen LogP contribution is 2.12. The van der Waals surface area contributed by atoms with E-state index in [0.717, 1.165) is 16.4 Å². The summed E-state index contributed by atoms with van der Waals surface area (Å²) in [4.78, 5) is 31.1. The summed E-state index contributed by atoms with van der Waals surface area (Å²) in [5.74, 6) is 0.405. The molecule has 0 spiro atoms. The Morgan fingerprint density at radius 2 is 2.11 bits per heavy atom. The number of nitrogens with one attached hydrogen (secondary N) is 2. The van der Waals surface area contributed by atoms with Crippen LogP contribution in [0.15, 0.2) is 45.9 Å². The Morgan fingerprint density at radius 3 is 2.74 bits per heavy atom. The molecule has 0 saturated heterocycles. The van der Waals surface area contributed by atoms with E-state index in [-0.39, 0.29) is 22.9 Å². The number of carbonyl (C=O) groups excluding carboxylic acids is 1. The Bertz CT molecular complexity index is 1010. The lowest BCUT2D eigenvalue weighted by atomic mass is 10.1. The second-order valence-electron chi connectivity index (χ2n) is 6.84. The lowest BCUT2D eigenvalue weighted by Gasteiger charge is -2.20. The molecule has 0 bridgehead atoms. The highest BCUT2D eigenvalue weighted by atomic mass is 16.3. The second kappa shape index (κ2) is 7.75. The number of quaternary nitrogens is 1. The largest absolute Gasteiger partial charge is 0.463 e. The van der Waals surface area contributed by atoms with E-state index in [4.69, 9.17) is 4.42 Å². The maximum Gasteiger partial charge on any atom is 0.257 e. The van der Waals surface area contributed by atoms with E-state index in [1.165, 1.54) is 0 Å². The molecule has 0 unspecified atom stereocenters. The lowest BCUT2D eigenvalue weighted by Crippen LogP contribution is -3.07. The Kier molecular flexibility index (Phi) is 5.41. The molecule has 3 heterocycles. The number of fused-ring (bicyclic) bond motifs is 1. The van der Waals surface area contributed by atoms with Gasteiger partial charge >= 0.3 is 0 Å². The van der Waals surface area contributed by atoms with Gasteiger partial charge in [-0.05, 0) is 38.1 Å². The predicted molar refractivity (Wildman–Crippen MR) is 103 cm³/mol. The number of hydrogen-bond acceptors (Lipinski definition) is 4. The van der Waals surface area contributed by atoms with Gasteiger partial charge in [0.05, 0.1) is 32.3 Å². The van der Waals surface area contributed by atoms with E-state index in [0.29, 0.717) is 24.1 Å². The summed E-state index contributed by atoms with van der Waals surface area (Å²) in [7, 11) is 3.99. The highest BCUT2D eigenvalue weighted by molar-refractivity contribution is 5.96. The van der Waals surface area contributed by atoms with Gasteiger partial charge in [0, 0.05) is 18.4 Å². The molecule has 27 heavy (non-hydrogen) atoms.